The molecule has 0 saturated carbocycles. The SMILES string of the molecule is COc1ccc2c(CC(=O)OC(C)C(=O)Nc3cccc(Cl)c3)coc2c1. The van der Waals surface area contributed by atoms with Gasteiger partial charge in [0.25, 0.3) is 5.91 Å². The van der Waals surface area contributed by atoms with Crippen LogP contribution >= 0.6 is 11.6 Å². The summed E-state index contributed by atoms with van der Waals surface area (Å²) in [5, 5.41) is 3.95. The van der Waals surface area contributed by atoms with Gasteiger partial charge in [-0.15, -0.1) is 0 Å². The number of halogens is 1. The lowest BCUT2D eigenvalue weighted by Gasteiger charge is -2.13. The Labute approximate surface area is 161 Å². The number of hydrogen-bond donors (Lipinski definition) is 1. The van der Waals surface area contributed by atoms with Crippen molar-refractivity contribution >= 4 is 40.1 Å². The predicted molar refractivity (Wildman–Crippen MR) is 102 cm³/mol. The van der Waals surface area contributed by atoms with Crippen molar-refractivity contribution in [2.75, 3.05) is 12.4 Å². The zero-order valence-electron chi connectivity index (χ0n) is 14.8. The molecule has 6 nitrogen and oxygen atoms in total. The molecule has 3 aromatic rings. The fraction of sp³-hybridized carbons (Fsp3) is 0.200. The molecule has 7 heteroatoms. The number of esters is 1. The maximum atomic E-state index is 12.2. The third-order valence-electron chi connectivity index (χ3n) is 3.97. The van der Waals surface area contributed by atoms with Gasteiger partial charge in [-0.1, -0.05) is 17.7 Å². The van der Waals surface area contributed by atoms with Gasteiger partial charge >= 0.3 is 5.97 Å². The predicted octanol–water partition coefficient (Wildman–Crippen LogP) is 4.21. The lowest BCUT2D eigenvalue weighted by Crippen LogP contribution is -2.30. The number of anilines is 1. The minimum absolute atomic E-state index is 0.00584. The lowest BCUT2D eigenvalue weighted by molar-refractivity contribution is -0.152. The zero-order chi connectivity index (χ0) is 19.4. The van der Waals surface area contributed by atoms with Crippen LogP contribution in [0.3, 0.4) is 0 Å². The first kappa shape index (κ1) is 18.8. The molecule has 1 unspecified atom stereocenters. The van der Waals surface area contributed by atoms with Gasteiger partial charge in [0.05, 0.1) is 19.8 Å². The summed E-state index contributed by atoms with van der Waals surface area (Å²) in [6, 6.07) is 12.1. The Bertz CT molecular complexity index is 981. The van der Waals surface area contributed by atoms with Crippen LogP contribution in [0.2, 0.25) is 5.02 Å². The van der Waals surface area contributed by atoms with E-state index in [1.54, 1.807) is 43.5 Å². The van der Waals surface area contributed by atoms with Crippen molar-refractivity contribution in [2.45, 2.75) is 19.4 Å². The van der Waals surface area contributed by atoms with Crippen molar-refractivity contribution in [2.24, 2.45) is 0 Å². The van der Waals surface area contributed by atoms with Crippen LogP contribution in [-0.4, -0.2) is 25.1 Å². The van der Waals surface area contributed by atoms with Crippen LogP contribution in [0, 0.1) is 0 Å². The number of nitrogens with one attached hydrogen (secondary N) is 1. The Morgan fingerprint density at radius 1 is 1.22 bits per heavy atom. The maximum Gasteiger partial charge on any atom is 0.311 e. The number of furan rings is 1. The smallest absolute Gasteiger partial charge is 0.311 e. The van der Waals surface area contributed by atoms with E-state index in [1.807, 2.05) is 6.07 Å². The molecular formula is C20H18ClNO5. The molecule has 1 heterocycles. The lowest BCUT2D eigenvalue weighted by atomic mass is 10.1. The summed E-state index contributed by atoms with van der Waals surface area (Å²) < 4.78 is 15.8. The zero-order valence-corrected chi connectivity index (χ0v) is 15.6. The first-order chi connectivity index (χ1) is 13.0. The van der Waals surface area contributed by atoms with Crippen molar-refractivity contribution in [3.63, 3.8) is 0 Å². The van der Waals surface area contributed by atoms with Gasteiger partial charge in [-0.3, -0.25) is 9.59 Å². The summed E-state index contributed by atoms with van der Waals surface area (Å²) in [4.78, 5) is 24.4. The van der Waals surface area contributed by atoms with Crippen LogP contribution in [0.25, 0.3) is 11.0 Å². The topological polar surface area (TPSA) is 77.8 Å². The highest BCUT2D eigenvalue weighted by atomic mass is 35.5. The Morgan fingerprint density at radius 2 is 2.04 bits per heavy atom. The molecule has 3 rings (SSSR count). The summed E-state index contributed by atoms with van der Waals surface area (Å²) in [5.41, 5.74) is 1.83. The second kappa shape index (κ2) is 8.14. The molecule has 27 heavy (non-hydrogen) atoms. The molecule has 0 radical (unpaired) electrons. The van der Waals surface area contributed by atoms with Crippen LogP contribution in [0.4, 0.5) is 5.69 Å². The molecule has 0 fully saturated rings. The Hall–Kier alpha value is -2.99. The Kier molecular flexibility index (Phi) is 5.66. The van der Waals surface area contributed by atoms with Crippen LogP contribution in [0.5, 0.6) is 5.75 Å². The van der Waals surface area contributed by atoms with Gasteiger partial charge in [0.15, 0.2) is 6.10 Å². The van der Waals surface area contributed by atoms with E-state index in [9.17, 15) is 9.59 Å². The minimum Gasteiger partial charge on any atom is -0.497 e. The molecular weight excluding hydrogens is 370 g/mol. The second-order valence-corrected chi connectivity index (χ2v) is 6.37. The highest BCUT2D eigenvalue weighted by molar-refractivity contribution is 6.30. The number of carbonyl (C=O) groups excluding carboxylic acids is 2. The van der Waals surface area contributed by atoms with Gasteiger partial charge in [-0.25, -0.2) is 0 Å². The average Bonchev–Trinajstić information content (AvgIpc) is 3.03. The first-order valence-corrected chi connectivity index (χ1v) is 8.64. The molecule has 1 amide bonds. The highest BCUT2D eigenvalue weighted by Crippen LogP contribution is 2.26. The van der Waals surface area contributed by atoms with E-state index in [4.69, 9.17) is 25.5 Å². The molecule has 0 bridgehead atoms. The van der Waals surface area contributed by atoms with E-state index in [2.05, 4.69) is 5.32 Å². The molecule has 0 aliphatic carbocycles. The summed E-state index contributed by atoms with van der Waals surface area (Å²) in [5.74, 6) is -0.299. The van der Waals surface area contributed by atoms with E-state index in [0.29, 0.717) is 27.6 Å². The van der Waals surface area contributed by atoms with Crippen molar-refractivity contribution < 1.29 is 23.5 Å². The standard InChI is InChI=1S/C20H18ClNO5/c1-12(20(24)22-15-5-3-4-14(21)9-15)27-19(23)8-13-11-26-18-10-16(25-2)6-7-17(13)18/h3-7,9-12H,8H2,1-2H3,(H,22,24). The van der Waals surface area contributed by atoms with Crippen LogP contribution in [-0.2, 0) is 20.7 Å². The van der Waals surface area contributed by atoms with Crippen molar-refractivity contribution in [3.05, 3.63) is 59.3 Å². The molecule has 0 spiro atoms. The van der Waals surface area contributed by atoms with E-state index in [-0.39, 0.29) is 6.42 Å². The third kappa shape index (κ3) is 4.60. The van der Waals surface area contributed by atoms with E-state index < -0.39 is 18.0 Å². The second-order valence-electron chi connectivity index (χ2n) is 5.93. The third-order valence-corrected chi connectivity index (χ3v) is 4.20. The number of ether oxygens (including phenoxy) is 2. The molecule has 140 valence electrons. The molecule has 1 atom stereocenters. The van der Waals surface area contributed by atoms with E-state index in [1.165, 1.54) is 13.2 Å². The number of methoxy groups -OCH3 is 1. The molecule has 1 N–H and O–H groups in total. The van der Waals surface area contributed by atoms with Gasteiger partial charge in [0.2, 0.25) is 0 Å². The number of carbonyl (C=O) groups is 2. The normalized spacial score (nSPS) is 11.8. The molecule has 2 aromatic carbocycles. The first-order valence-electron chi connectivity index (χ1n) is 8.26. The monoisotopic (exact) mass is 387 g/mol. The van der Waals surface area contributed by atoms with Gasteiger partial charge in [0.1, 0.15) is 11.3 Å². The van der Waals surface area contributed by atoms with Crippen LogP contribution in [0.15, 0.2) is 53.1 Å². The van der Waals surface area contributed by atoms with Gasteiger partial charge < -0.3 is 19.2 Å². The number of rotatable bonds is 6. The number of hydrogen-bond acceptors (Lipinski definition) is 5. The molecule has 0 saturated heterocycles. The summed E-state index contributed by atoms with van der Waals surface area (Å²) in [6.07, 6.45) is 0.547. The van der Waals surface area contributed by atoms with Crippen molar-refractivity contribution in [3.8, 4) is 5.75 Å². The molecule has 0 aliphatic rings. The molecule has 1 aromatic heterocycles. The van der Waals surface area contributed by atoms with E-state index in [0.717, 1.165) is 5.39 Å². The number of fused-ring (bicyclic) bond motifs is 1. The van der Waals surface area contributed by atoms with Crippen LogP contribution < -0.4 is 10.1 Å². The number of benzene rings is 2. The Balaban J connectivity index is 1.61. The fourth-order valence-corrected chi connectivity index (χ4v) is 2.78. The maximum absolute atomic E-state index is 12.2. The summed E-state index contributed by atoms with van der Waals surface area (Å²) in [7, 11) is 1.57. The van der Waals surface area contributed by atoms with Gasteiger partial charge in [0, 0.05) is 27.7 Å². The average molecular weight is 388 g/mol. The quantitative estimate of drug-likeness (QED) is 0.641. The van der Waals surface area contributed by atoms with Crippen LogP contribution in [0.1, 0.15) is 12.5 Å². The van der Waals surface area contributed by atoms with Gasteiger partial charge in [-0.05, 0) is 37.3 Å². The molecule has 0 aliphatic heterocycles. The fourth-order valence-electron chi connectivity index (χ4n) is 2.59. The summed E-state index contributed by atoms with van der Waals surface area (Å²) in [6.45, 7) is 1.51. The highest BCUT2D eigenvalue weighted by Gasteiger charge is 2.19. The van der Waals surface area contributed by atoms with Crippen molar-refractivity contribution in [1.82, 2.24) is 0 Å². The summed E-state index contributed by atoms with van der Waals surface area (Å²) >= 11 is 5.89. The van der Waals surface area contributed by atoms with Crippen molar-refractivity contribution in [1.29, 1.82) is 0 Å². The number of amides is 1. The largest absolute Gasteiger partial charge is 0.497 e. The minimum atomic E-state index is -0.949. The van der Waals surface area contributed by atoms with Gasteiger partial charge in [-0.2, -0.15) is 0 Å². The Morgan fingerprint density at radius 3 is 2.78 bits per heavy atom. The van der Waals surface area contributed by atoms with E-state index >= 15 is 0 Å².